The first-order chi connectivity index (χ1) is 21.5. The van der Waals surface area contributed by atoms with Crippen molar-refractivity contribution >= 4 is 23.4 Å². The SMILES string of the molecule is CCOC1(c2cccnc2)C=CC(N2CCN(C(=O)c3ccc(Cl)cc3C(F)(F)F)C[C@H]2CC)=C(C(=O)N[C@@H]2CCN(C)C2)N1. The quantitative estimate of drug-likeness (QED) is 0.440. The van der Waals surface area contributed by atoms with E-state index in [1.54, 1.807) is 18.5 Å². The molecule has 3 aliphatic heterocycles. The third kappa shape index (κ3) is 6.97. The fourth-order valence-corrected chi connectivity index (χ4v) is 6.43. The van der Waals surface area contributed by atoms with E-state index in [2.05, 4.69) is 25.4 Å². The molecule has 2 saturated heterocycles. The van der Waals surface area contributed by atoms with Crippen LogP contribution in [0, 0.1) is 0 Å². The maximum Gasteiger partial charge on any atom is 0.417 e. The summed E-state index contributed by atoms with van der Waals surface area (Å²) in [7, 11) is 2.01. The minimum absolute atomic E-state index is 0.0255. The van der Waals surface area contributed by atoms with E-state index in [1.807, 2.05) is 39.1 Å². The van der Waals surface area contributed by atoms with E-state index in [9.17, 15) is 22.8 Å². The van der Waals surface area contributed by atoms with Crippen molar-refractivity contribution in [1.29, 1.82) is 0 Å². The Morgan fingerprint density at radius 1 is 1.18 bits per heavy atom. The first kappa shape index (κ1) is 32.8. The van der Waals surface area contributed by atoms with E-state index in [4.69, 9.17) is 16.3 Å². The first-order valence-electron chi connectivity index (χ1n) is 15.1. The number of allylic oxidation sites excluding steroid dienone is 1. The molecule has 2 N–H and O–H groups in total. The molecule has 0 bridgehead atoms. The number of nitrogens with zero attached hydrogens (tertiary/aromatic N) is 4. The standard InChI is InChI=1S/C32H38ClF3N6O3/c1-4-24-20-41(30(44)25-9-8-22(33)17-26(25)32(34,35)36)15-16-42(24)27-10-12-31(45-5-2,21-7-6-13-37-18-21)39-28(27)29(43)38-23-11-14-40(3)19-23/h6-10,12-13,17-18,23-24,39H,4-5,11,14-16,19-20H2,1-3H3,(H,38,43)/t23-,24-,31?/m1/s1. The Labute approximate surface area is 266 Å². The molecule has 242 valence electrons. The Kier molecular flexibility index (Phi) is 9.76. The third-order valence-electron chi connectivity index (χ3n) is 8.53. The van der Waals surface area contributed by atoms with Gasteiger partial charge in [-0.1, -0.05) is 24.6 Å². The van der Waals surface area contributed by atoms with Gasteiger partial charge in [-0.05, 0) is 69.8 Å². The number of halogens is 4. The highest BCUT2D eigenvalue weighted by molar-refractivity contribution is 6.30. The van der Waals surface area contributed by atoms with Crippen molar-refractivity contribution in [2.24, 2.45) is 0 Å². The molecule has 4 heterocycles. The molecule has 2 fully saturated rings. The zero-order valence-electron chi connectivity index (χ0n) is 25.5. The lowest BCUT2D eigenvalue weighted by atomic mass is 9.97. The number of dihydropyridines is 1. The summed E-state index contributed by atoms with van der Waals surface area (Å²) in [6.45, 7) is 6.42. The molecule has 2 aromatic rings. The lowest BCUT2D eigenvalue weighted by Gasteiger charge is -2.46. The zero-order chi connectivity index (χ0) is 32.4. The normalized spacial score (nSPS) is 24.2. The monoisotopic (exact) mass is 646 g/mol. The van der Waals surface area contributed by atoms with Gasteiger partial charge in [-0.15, -0.1) is 0 Å². The topological polar surface area (TPSA) is 90.0 Å². The number of carbonyl (C=O) groups excluding carboxylic acids is 2. The van der Waals surface area contributed by atoms with Crippen molar-refractivity contribution in [2.75, 3.05) is 46.4 Å². The summed E-state index contributed by atoms with van der Waals surface area (Å²) < 4.78 is 47.7. The fraction of sp³-hybridized carbons (Fsp3) is 0.469. The number of rotatable bonds is 8. The van der Waals surface area contributed by atoms with E-state index in [-0.39, 0.29) is 36.1 Å². The minimum atomic E-state index is -4.73. The maximum absolute atomic E-state index is 14.0. The lowest BCUT2D eigenvalue weighted by Crippen LogP contribution is -2.57. The zero-order valence-corrected chi connectivity index (χ0v) is 26.3. The molecule has 13 heteroatoms. The van der Waals surface area contributed by atoms with Crippen molar-refractivity contribution in [3.05, 3.63) is 88.0 Å². The molecule has 1 aromatic carbocycles. The van der Waals surface area contributed by atoms with Gasteiger partial charge in [0, 0.05) is 67.8 Å². The summed E-state index contributed by atoms with van der Waals surface area (Å²) in [6, 6.07) is 6.58. The number of ether oxygens (including phenoxy) is 1. The predicted octanol–water partition coefficient (Wildman–Crippen LogP) is 4.37. The van der Waals surface area contributed by atoms with Crippen LogP contribution in [0.4, 0.5) is 13.2 Å². The van der Waals surface area contributed by atoms with Gasteiger partial charge in [0.15, 0.2) is 5.72 Å². The lowest BCUT2D eigenvalue weighted by molar-refractivity contribution is -0.138. The molecule has 5 rings (SSSR count). The highest BCUT2D eigenvalue weighted by atomic mass is 35.5. The Morgan fingerprint density at radius 2 is 1.98 bits per heavy atom. The molecule has 3 aliphatic rings. The molecule has 1 aromatic heterocycles. The average Bonchev–Trinajstić information content (AvgIpc) is 3.44. The van der Waals surface area contributed by atoms with Crippen LogP contribution in [-0.2, 0) is 21.4 Å². The molecule has 0 spiro atoms. The second kappa shape index (κ2) is 13.4. The molecule has 9 nitrogen and oxygen atoms in total. The van der Waals surface area contributed by atoms with Crippen LogP contribution in [-0.4, -0.2) is 90.0 Å². The van der Waals surface area contributed by atoms with Gasteiger partial charge in [0.2, 0.25) is 0 Å². The number of piperazine rings is 1. The molecule has 45 heavy (non-hydrogen) atoms. The average molecular weight is 647 g/mol. The smallest absolute Gasteiger partial charge is 0.363 e. The van der Waals surface area contributed by atoms with Gasteiger partial charge in [0.1, 0.15) is 5.70 Å². The number of benzene rings is 1. The van der Waals surface area contributed by atoms with Crippen molar-refractivity contribution in [3.63, 3.8) is 0 Å². The van der Waals surface area contributed by atoms with Crippen molar-refractivity contribution < 1.29 is 27.5 Å². The van der Waals surface area contributed by atoms with Crippen molar-refractivity contribution in [3.8, 4) is 0 Å². The van der Waals surface area contributed by atoms with Crippen LogP contribution in [0.3, 0.4) is 0 Å². The van der Waals surface area contributed by atoms with Crippen molar-refractivity contribution in [1.82, 2.24) is 30.3 Å². The van der Waals surface area contributed by atoms with Gasteiger partial charge in [0.25, 0.3) is 11.8 Å². The van der Waals surface area contributed by atoms with Gasteiger partial charge in [-0.3, -0.25) is 14.6 Å². The molecule has 0 aliphatic carbocycles. The highest BCUT2D eigenvalue weighted by Gasteiger charge is 2.42. The number of aromatic nitrogens is 1. The molecule has 1 unspecified atom stereocenters. The van der Waals surface area contributed by atoms with E-state index in [0.29, 0.717) is 31.0 Å². The first-order valence-corrected chi connectivity index (χ1v) is 15.5. The van der Waals surface area contributed by atoms with Crippen LogP contribution in [0.15, 0.2) is 66.3 Å². The van der Waals surface area contributed by atoms with E-state index in [1.165, 1.54) is 11.0 Å². The summed E-state index contributed by atoms with van der Waals surface area (Å²) in [5, 5.41) is 6.47. The number of nitrogens with one attached hydrogen (secondary N) is 2. The number of carbonyl (C=O) groups is 2. The predicted molar refractivity (Wildman–Crippen MR) is 164 cm³/mol. The number of pyridine rings is 1. The van der Waals surface area contributed by atoms with Crippen LogP contribution in [0.25, 0.3) is 0 Å². The van der Waals surface area contributed by atoms with E-state index >= 15 is 0 Å². The summed E-state index contributed by atoms with van der Waals surface area (Å²) in [6.07, 6.45) is 3.73. The Bertz CT molecular complexity index is 1470. The maximum atomic E-state index is 14.0. The number of likely N-dealkylation sites (tertiary alicyclic amines) is 1. The molecule has 2 amide bonds. The summed E-state index contributed by atoms with van der Waals surface area (Å²) in [4.78, 5) is 37.4. The van der Waals surface area contributed by atoms with Gasteiger partial charge in [-0.2, -0.15) is 13.2 Å². The highest BCUT2D eigenvalue weighted by Crippen LogP contribution is 2.36. The fourth-order valence-electron chi connectivity index (χ4n) is 6.25. The summed E-state index contributed by atoms with van der Waals surface area (Å²) >= 11 is 5.85. The number of amides is 2. The number of alkyl halides is 3. The molecular formula is C32H38ClF3N6O3. The molecule has 3 atom stereocenters. The van der Waals surface area contributed by atoms with Crippen LogP contribution >= 0.6 is 11.6 Å². The van der Waals surface area contributed by atoms with E-state index < -0.39 is 28.9 Å². The number of hydrogen-bond donors (Lipinski definition) is 2. The van der Waals surface area contributed by atoms with Gasteiger partial charge < -0.3 is 30.1 Å². The van der Waals surface area contributed by atoms with Gasteiger partial charge in [-0.25, -0.2) is 0 Å². The van der Waals surface area contributed by atoms with Crippen LogP contribution in [0.5, 0.6) is 0 Å². The summed E-state index contributed by atoms with van der Waals surface area (Å²) in [5.74, 6) is -0.995. The number of likely N-dealkylation sites (N-methyl/N-ethyl adjacent to an activating group) is 1. The van der Waals surface area contributed by atoms with Crippen LogP contribution < -0.4 is 10.6 Å². The largest absolute Gasteiger partial charge is 0.417 e. The Hall–Kier alpha value is -3.61. The molecular weight excluding hydrogens is 609 g/mol. The summed E-state index contributed by atoms with van der Waals surface area (Å²) in [5.41, 5.74) is -0.976. The Balaban J connectivity index is 1.46. The molecule has 0 saturated carbocycles. The van der Waals surface area contributed by atoms with E-state index in [0.717, 1.165) is 37.2 Å². The van der Waals surface area contributed by atoms with Gasteiger partial charge >= 0.3 is 6.18 Å². The Morgan fingerprint density at radius 3 is 2.62 bits per heavy atom. The molecule has 0 radical (unpaired) electrons. The minimum Gasteiger partial charge on any atom is -0.363 e. The number of hydrogen-bond acceptors (Lipinski definition) is 7. The van der Waals surface area contributed by atoms with Gasteiger partial charge in [0.05, 0.1) is 16.8 Å². The third-order valence-corrected chi connectivity index (χ3v) is 8.76. The van der Waals surface area contributed by atoms with Crippen LogP contribution in [0.2, 0.25) is 5.02 Å². The second-order valence-electron chi connectivity index (χ2n) is 11.5. The van der Waals surface area contributed by atoms with Crippen LogP contribution in [0.1, 0.15) is 48.2 Å². The second-order valence-corrected chi connectivity index (χ2v) is 12.0. The van der Waals surface area contributed by atoms with Crippen molar-refractivity contribution in [2.45, 2.75) is 50.7 Å².